The van der Waals surface area contributed by atoms with E-state index in [1.54, 1.807) is 36.4 Å². The van der Waals surface area contributed by atoms with E-state index in [0.717, 1.165) is 0 Å². The van der Waals surface area contributed by atoms with E-state index in [1.165, 1.54) is 33.2 Å². The molecule has 29 heavy (non-hydrogen) atoms. The van der Waals surface area contributed by atoms with Crippen LogP contribution in [0.5, 0.6) is 17.2 Å². The zero-order chi connectivity index (χ0) is 21.4. The van der Waals surface area contributed by atoms with Crippen LogP contribution >= 0.6 is 0 Å². The third-order valence-corrected chi connectivity index (χ3v) is 4.24. The van der Waals surface area contributed by atoms with Gasteiger partial charge in [0.25, 0.3) is 5.91 Å². The number of carbonyl (C=O) groups is 2. The van der Waals surface area contributed by atoms with Crippen LogP contribution in [0, 0.1) is 11.3 Å². The summed E-state index contributed by atoms with van der Waals surface area (Å²) in [4.78, 5) is 26.1. The Balaban J connectivity index is 2.14. The highest BCUT2D eigenvalue weighted by Crippen LogP contribution is 2.38. The first-order valence-corrected chi connectivity index (χ1v) is 8.82. The molecule has 0 aromatic heterocycles. The molecule has 0 fully saturated rings. The molecule has 2 aromatic rings. The fourth-order valence-corrected chi connectivity index (χ4v) is 2.85. The zero-order valence-corrected chi connectivity index (χ0v) is 16.8. The molecule has 0 radical (unpaired) electrons. The van der Waals surface area contributed by atoms with E-state index in [2.05, 4.69) is 11.4 Å². The lowest BCUT2D eigenvalue weighted by Crippen LogP contribution is -2.38. The molecule has 0 aliphatic rings. The molecular weight excluding hydrogens is 374 g/mol. The Morgan fingerprint density at radius 2 is 1.69 bits per heavy atom. The van der Waals surface area contributed by atoms with Crippen molar-refractivity contribution < 1.29 is 23.8 Å². The van der Waals surface area contributed by atoms with E-state index in [4.69, 9.17) is 14.2 Å². The molecule has 0 bridgehead atoms. The average Bonchev–Trinajstić information content (AvgIpc) is 2.75. The van der Waals surface area contributed by atoms with Gasteiger partial charge in [0.2, 0.25) is 11.7 Å². The minimum absolute atomic E-state index is 0.189. The van der Waals surface area contributed by atoms with Gasteiger partial charge in [-0.15, -0.1) is 0 Å². The van der Waals surface area contributed by atoms with Gasteiger partial charge in [-0.05, 0) is 24.3 Å². The number of amides is 2. The summed E-state index contributed by atoms with van der Waals surface area (Å²) in [5.74, 6) is 0.536. The van der Waals surface area contributed by atoms with Crippen LogP contribution in [-0.4, -0.2) is 46.2 Å². The van der Waals surface area contributed by atoms with Crippen molar-refractivity contribution in [1.29, 1.82) is 5.26 Å². The molecule has 0 saturated carbocycles. The molecule has 0 unspecified atom stereocenters. The molecule has 8 heteroatoms. The van der Waals surface area contributed by atoms with Crippen molar-refractivity contribution in [3.63, 3.8) is 0 Å². The van der Waals surface area contributed by atoms with Gasteiger partial charge in [0, 0.05) is 25.6 Å². The van der Waals surface area contributed by atoms with E-state index < -0.39 is 0 Å². The molecule has 2 aromatic carbocycles. The molecule has 1 N–H and O–H groups in total. The van der Waals surface area contributed by atoms with Gasteiger partial charge in [-0.3, -0.25) is 9.59 Å². The van der Waals surface area contributed by atoms with E-state index in [0.29, 0.717) is 34.1 Å². The first kappa shape index (κ1) is 21.6. The second kappa shape index (κ2) is 9.99. The van der Waals surface area contributed by atoms with Gasteiger partial charge in [0.1, 0.15) is 6.07 Å². The second-order valence-electron chi connectivity index (χ2n) is 5.97. The Bertz CT molecular complexity index is 911. The lowest BCUT2D eigenvalue weighted by Gasteiger charge is -2.22. The van der Waals surface area contributed by atoms with Crippen LogP contribution in [0.1, 0.15) is 22.8 Å². The van der Waals surface area contributed by atoms with Crippen LogP contribution in [0.4, 0.5) is 5.69 Å². The maximum atomic E-state index is 12.6. The Morgan fingerprint density at radius 1 is 1.07 bits per heavy atom. The van der Waals surface area contributed by atoms with Gasteiger partial charge in [-0.1, -0.05) is 12.1 Å². The molecule has 152 valence electrons. The van der Waals surface area contributed by atoms with Crippen molar-refractivity contribution in [3.05, 3.63) is 47.5 Å². The van der Waals surface area contributed by atoms with Crippen molar-refractivity contribution in [2.24, 2.45) is 0 Å². The Morgan fingerprint density at radius 3 is 2.21 bits per heavy atom. The highest BCUT2D eigenvalue weighted by atomic mass is 16.5. The van der Waals surface area contributed by atoms with Crippen LogP contribution in [0.2, 0.25) is 0 Å². The number of methoxy groups -OCH3 is 3. The van der Waals surface area contributed by atoms with Crippen LogP contribution in [0.25, 0.3) is 0 Å². The monoisotopic (exact) mass is 397 g/mol. The highest BCUT2D eigenvalue weighted by molar-refractivity contribution is 5.96. The van der Waals surface area contributed by atoms with Gasteiger partial charge in [-0.25, -0.2) is 0 Å². The number of nitriles is 1. The number of benzene rings is 2. The summed E-state index contributed by atoms with van der Waals surface area (Å²) in [7, 11) is 4.42. The first-order chi connectivity index (χ1) is 14.0. The van der Waals surface area contributed by atoms with Gasteiger partial charge < -0.3 is 24.4 Å². The number of rotatable bonds is 8. The van der Waals surface area contributed by atoms with Crippen LogP contribution in [0.3, 0.4) is 0 Å². The number of nitrogens with one attached hydrogen (secondary N) is 1. The summed E-state index contributed by atoms with van der Waals surface area (Å²) >= 11 is 0. The van der Waals surface area contributed by atoms with Crippen molar-refractivity contribution in [1.82, 2.24) is 5.32 Å². The smallest absolute Gasteiger partial charge is 0.251 e. The summed E-state index contributed by atoms with van der Waals surface area (Å²) in [6.07, 6.45) is 0. The van der Waals surface area contributed by atoms with E-state index in [1.807, 2.05) is 0 Å². The van der Waals surface area contributed by atoms with Gasteiger partial charge >= 0.3 is 0 Å². The van der Waals surface area contributed by atoms with Crippen molar-refractivity contribution in [3.8, 4) is 23.3 Å². The lowest BCUT2D eigenvalue weighted by atomic mass is 10.1. The number of hydrogen-bond donors (Lipinski definition) is 1. The number of ether oxygens (including phenoxy) is 3. The molecule has 8 nitrogen and oxygen atoms in total. The minimum atomic E-state index is -0.360. The number of nitrogens with zero attached hydrogens (tertiary/aromatic N) is 2. The minimum Gasteiger partial charge on any atom is -0.493 e. The topological polar surface area (TPSA) is 101 Å². The normalized spacial score (nSPS) is 9.90. The fraction of sp³-hybridized carbons (Fsp3) is 0.286. The Labute approximate surface area is 169 Å². The molecule has 0 heterocycles. The number of para-hydroxylation sites is 1. The summed E-state index contributed by atoms with van der Waals surface area (Å²) in [5, 5.41) is 12.0. The molecular formula is C21H23N3O5. The fourth-order valence-electron chi connectivity index (χ4n) is 2.85. The summed E-state index contributed by atoms with van der Waals surface area (Å²) in [6, 6.07) is 12.0. The molecule has 0 aliphatic carbocycles. The van der Waals surface area contributed by atoms with Crippen molar-refractivity contribution in [2.75, 3.05) is 39.3 Å². The van der Waals surface area contributed by atoms with E-state index >= 15 is 0 Å². The molecule has 0 atom stereocenters. The van der Waals surface area contributed by atoms with E-state index in [9.17, 15) is 14.9 Å². The first-order valence-electron chi connectivity index (χ1n) is 8.82. The van der Waals surface area contributed by atoms with Crippen molar-refractivity contribution in [2.45, 2.75) is 6.92 Å². The molecule has 2 rings (SSSR count). The summed E-state index contributed by atoms with van der Waals surface area (Å²) < 4.78 is 15.8. The predicted octanol–water partition coefficient (Wildman–Crippen LogP) is 2.37. The molecule has 0 spiro atoms. The molecule has 2 amide bonds. The SMILES string of the molecule is COc1cc(C(=O)NCCN(C(C)=O)c2ccccc2C#N)cc(OC)c1OC. The number of anilines is 1. The maximum Gasteiger partial charge on any atom is 0.251 e. The summed E-state index contributed by atoms with van der Waals surface area (Å²) in [6.45, 7) is 1.81. The highest BCUT2D eigenvalue weighted by Gasteiger charge is 2.18. The second-order valence-corrected chi connectivity index (χ2v) is 5.97. The van der Waals surface area contributed by atoms with E-state index in [-0.39, 0.29) is 24.9 Å². The van der Waals surface area contributed by atoms with Gasteiger partial charge in [-0.2, -0.15) is 5.26 Å². The largest absolute Gasteiger partial charge is 0.493 e. The van der Waals surface area contributed by atoms with Crippen LogP contribution in [0.15, 0.2) is 36.4 Å². The van der Waals surface area contributed by atoms with Gasteiger partial charge in [0.05, 0.1) is 32.6 Å². The Kier molecular flexibility index (Phi) is 7.43. The van der Waals surface area contributed by atoms with Crippen LogP contribution < -0.4 is 24.4 Å². The zero-order valence-electron chi connectivity index (χ0n) is 16.8. The average molecular weight is 397 g/mol. The number of hydrogen-bond acceptors (Lipinski definition) is 6. The summed E-state index contributed by atoms with van der Waals surface area (Å²) in [5.41, 5.74) is 1.22. The lowest BCUT2D eigenvalue weighted by molar-refractivity contribution is -0.116. The quantitative estimate of drug-likeness (QED) is 0.734. The standard InChI is InChI=1S/C21H23N3O5/c1-14(25)24(17-8-6-5-7-15(17)13-22)10-9-23-21(26)16-11-18(27-2)20(29-4)19(12-16)28-3/h5-8,11-12H,9-10H2,1-4H3,(H,23,26). The predicted molar refractivity (Wildman–Crippen MR) is 108 cm³/mol. The van der Waals surface area contributed by atoms with Crippen molar-refractivity contribution >= 4 is 17.5 Å². The maximum absolute atomic E-state index is 12.6. The molecule has 0 saturated heterocycles. The molecule has 0 aliphatic heterocycles. The van der Waals surface area contributed by atoms with Crippen LogP contribution in [-0.2, 0) is 4.79 Å². The third-order valence-electron chi connectivity index (χ3n) is 4.24. The Hall–Kier alpha value is -3.73. The van der Waals surface area contributed by atoms with Gasteiger partial charge in [0.15, 0.2) is 11.5 Å². The number of carbonyl (C=O) groups excluding carboxylic acids is 2. The third kappa shape index (κ3) is 4.96.